The maximum atomic E-state index is 6.06. The van der Waals surface area contributed by atoms with Crippen LogP contribution in [0.4, 0.5) is 0 Å². The van der Waals surface area contributed by atoms with Crippen LogP contribution in [0.3, 0.4) is 0 Å². The van der Waals surface area contributed by atoms with E-state index in [9.17, 15) is 0 Å². The van der Waals surface area contributed by atoms with Crippen LogP contribution in [-0.2, 0) is 0 Å². The van der Waals surface area contributed by atoms with E-state index in [1.165, 1.54) is 0 Å². The van der Waals surface area contributed by atoms with Crippen LogP contribution in [0.5, 0.6) is 11.5 Å². The molecule has 3 heteroatoms. The second-order valence-corrected chi connectivity index (χ2v) is 3.97. The lowest BCUT2D eigenvalue weighted by Gasteiger charge is -2.21. The monoisotopic (exact) mass is 223 g/mol. The van der Waals surface area contributed by atoms with Crippen molar-refractivity contribution >= 4 is 0 Å². The van der Waals surface area contributed by atoms with Crippen LogP contribution in [0.1, 0.15) is 31.7 Å². The van der Waals surface area contributed by atoms with Crippen molar-refractivity contribution in [1.29, 1.82) is 0 Å². The van der Waals surface area contributed by atoms with Gasteiger partial charge in [-0.3, -0.25) is 0 Å². The number of hydrogen-bond donors (Lipinski definition) is 1. The minimum absolute atomic E-state index is 0.155. The summed E-state index contributed by atoms with van der Waals surface area (Å²) in [6.07, 6.45) is 0.955. The second kappa shape index (κ2) is 5.75. The van der Waals surface area contributed by atoms with Crippen LogP contribution < -0.4 is 15.2 Å². The SMILES string of the molecule is CCC(N)C(C)c1ccc(OC)cc1OC. The molecular weight excluding hydrogens is 202 g/mol. The Labute approximate surface area is 97.6 Å². The Hall–Kier alpha value is -1.22. The highest BCUT2D eigenvalue weighted by Crippen LogP contribution is 2.32. The van der Waals surface area contributed by atoms with Crippen LogP contribution in [0, 0.1) is 0 Å². The van der Waals surface area contributed by atoms with E-state index in [1.807, 2.05) is 18.2 Å². The molecule has 0 heterocycles. The highest BCUT2D eigenvalue weighted by Gasteiger charge is 2.17. The minimum atomic E-state index is 0.155. The molecule has 0 bridgehead atoms. The van der Waals surface area contributed by atoms with Crippen molar-refractivity contribution < 1.29 is 9.47 Å². The molecule has 2 N–H and O–H groups in total. The highest BCUT2D eigenvalue weighted by atomic mass is 16.5. The van der Waals surface area contributed by atoms with Crippen LogP contribution in [0.2, 0.25) is 0 Å². The van der Waals surface area contributed by atoms with E-state index in [0.717, 1.165) is 23.5 Å². The molecule has 1 rings (SSSR count). The molecule has 0 aliphatic rings. The van der Waals surface area contributed by atoms with Crippen molar-refractivity contribution in [3.8, 4) is 11.5 Å². The standard InChI is InChI=1S/C13H21NO2/c1-5-12(14)9(2)11-7-6-10(15-3)8-13(11)16-4/h6-9,12H,5,14H2,1-4H3. The summed E-state index contributed by atoms with van der Waals surface area (Å²) in [7, 11) is 3.32. The molecular formula is C13H21NO2. The third-order valence-corrected chi connectivity index (χ3v) is 3.04. The zero-order chi connectivity index (χ0) is 12.1. The van der Waals surface area contributed by atoms with Gasteiger partial charge in [0.2, 0.25) is 0 Å². The molecule has 0 fully saturated rings. The van der Waals surface area contributed by atoms with E-state index in [2.05, 4.69) is 13.8 Å². The van der Waals surface area contributed by atoms with Crippen molar-refractivity contribution in [2.75, 3.05) is 14.2 Å². The highest BCUT2D eigenvalue weighted by molar-refractivity contribution is 5.43. The molecule has 0 spiro atoms. The summed E-state index contributed by atoms with van der Waals surface area (Å²) < 4.78 is 10.5. The Morgan fingerprint density at radius 2 is 1.94 bits per heavy atom. The summed E-state index contributed by atoms with van der Waals surface area (Å²) in [5.74, 6) is 1.93. The molecule has 2 atom stereocenters. The maximum Gasteiger partial charge on any atom is 0.126 e. The lowest BCUT2D eigenvalue weighted by atomic mass is 9.91. The van der Waals surface area contributed by atoms with Crippen molar-refractivity contribution in [2.45, 2.75) is 32.2 Å². The van der Waals surface area contributed by atoms with E-state index in [1.54, 1.807) is 14.2 Å². The van der Waals surface area contributed by atoms with Gasteiger partial charge in [-0.25, -0.2) is 0 Å². The zero-order valence-corrected chi connectivity index (χ0v) is 10.5. The lowest BCUT2D eigenvalue weighted by molar-refractivity contribution is 0.385. The van der Waals surface area contributed by atoms with E-state index < -0.39 is 0 Å². The Kier molecular flexibility index (Phi) is 4.62. The van der Waals surface area contributed by atoms with E-state index in [4.69, 9.17) is 15.2 Å². The molecule has 2 unspecified atom stereocenters. The average Bonchev–Trinajstić information content (AvgIpc) is 2.35. The molecule has 0 amide bonds. The van der Waals surface area contributed by atoms with Gasteiger partial charge in [0.1, 0.15) is 11.5 Å². The Balaban J connectivity index is 3.03. The predicted molar refractivity (Wildman–Crippen MR) is 66.2 cm³/mol. The number of hydrogen-bond acceptors (Lipinski definition) is 3. The van der Waals surface area contributed by atoms with Crippen molar-refractivity contribution in [1.82, 2.24) is 0 Å². The molecule has 0 radical (unpaired) electrons. The lowest BCUT2D eigenvalue weighted by Crippen LogP contribution is -2.25. The number of nitrogens with two attached hydrogens (primary N) is 1. The van der Waals surface area contributed by atoms with E-state index in [-0.39, 0.29) is 12.0 Å². The van der Waals surface area contributed by atoms with Gasteiger partial charge >= 0.3 is 0 Å². The molecule has 0 saturated heterocycles. The number of methoxy groups -OCH3 is 2. The van der Waals surface area contributed by atoms with Crippen LogP contribution in [0.15, 0.2) is 18.2 Å². The van der Waals surface area contributed by atoms with Gasteiger partial charge in [-0.2, -0.15) is 0 Å². The quantitative estimate of drug-likeness (QED) is 0.834. The summed E-state index contributed by atoms with van der Waals surface area (Å²) in [6, 6.07) is 6.02. The van der Waals surface area contributed by atoms with Crippen LogP contribution >= 0.6 is 0 Å². The first-order valence-corrected chi connectivity index (χ1v) is 5.61. The Morgan fingerprint density at radius 3 is 2.44 bits per heavy atom. The Morgan fingerprint density at radius 1 is 1.25 bits per heavy atom. The largest absolute Gasteiger partial charge is 0.497 e. The first kappa shape index (κ1) is 12.8. The van der Waals surface area contributed by atoms with Gasteiger partial charge in [0.15, 0.2) is 0 Å². The van der Waals surface area contributed by atoms with Crippen molar-refractivity contribution in [3.05, 3.63) is 23.8 Å². The molecule has 90 valence electrons. The number of rotatable bonds is 5. The minimum Gasteiger partial charge on any atom is -0.497 e. The first-order chi connectivity index (χ1) is 7.63. The topological polar surface area (TPSA) is 44.5 Å². The normalized spacial score (nSPS) is 14.3. The molecule has 0 saturated carbocycles. The zero-order valence-electron chi connectivity index (χ0n) is 10.5. The third-order valence-electron chi connectivity index (χ3n) is 3.04. The fourth-order valence-corrected chi connectivity index (χ4v) is 1.78. The van der Waals surface area contributed by atoms with E-state index >= 15 is 0 Å². The average molecular weight is 223 g/mol. The summed E-state index contributed by atoms with van der Waals surface area (Å²) in [6.45, 7) is 4.22. The molecule has 16 heavy (non-hydrogen) atoms. The third kappa shape index (κ3) is 2.67. The van der Waals surface area contributed by atoms with Gasteiger partial charge in [-0.1, -0.05) is 19.9 Å². The number of benzene rings is 1. The summed E-state index contributed by atoms with van der Waals surface area (Å²) >= 11 is 0. The fraction of sp³-hybridized carbons (Fsp3) is 0.538. The van der Waals surface area contributed by atoms with Gasteiger partial charge in [0.25, 0.3) is 0 Å². The summed E-state index contributed by atoms with van der Waals surface area (Å²) in [5, 5.41) is 0. The van der Waals surface area contributed by atoms with Gasteiger partial charge in [-0.15, -0.1) is 0 Å². The predicted octanol–water partition coefficient (Wildman–Crippen LogP) is 2.54. The number of ether oxygens (including phenoxy) is 2. The van der Waals surface area contributed by atoms with Crippen LogP contribution in [-0.4, -0.2) is 20.3 Å². The molecule has 1 aromatic carbocycles. The van der Waals surface area contributed by atoms with Crippen LogP contribution in [0.25, 0.3) is 0 Å². The van der Waals surface area contributed by atoms with E-state index in [0.29, 0.717) is 0 Å². The van der Waals surface area contributed by atoms with Gasteiger partial charge in [0.05, 0.1) is 14.2 Å². The fourth-order valence-electron chi connectivity index (χ4n) is 1.78. The van der Waals surface area contributed by atoms with Gasteiger partial charge in [-0.05, 0) is 24.0 Å². The van der Waals surface area contributed by atoms with Crippen molar-refractivity contribution in [2.24, 2.45) is 5.73 Å². The second-order valence-electron chi connectivity index (χ2n) is 3.97. The maximum absolute atomic E-state index is 6.06. The van der Waals surface area contributed by atoms with Gasteiger partial charge in [0, 0.05) is 12.1 Å². The summed E-state index contributed by atoms with van der Waals surface area (Å²) in [5.41, 5.74) is 7.19. The first-order valence-electron chi connectivity index (χ1n) is 5.61. The molecule has 3 nitrogen and oxygen atoms in total. The molecule has 0 aliphatic carbocycles. The molecule has 1 aromatic rings. The molecule has 0 aromatic heterocycles. The van der Waals surface area contributed by atoms with Gasteiger partial charge < -0.3 is 15.2 Å². The van der Waals surface area contributed by atoms with Crippen molar-refractivity contribution in [3.63, 3.8) is 0 Å². The Bertz CT molecular complexity index is 339. The molecule has 0 aliphatic heterocycles. The summed E-state index contributed by atoms with van der Waals surface area (Å²) in [4.78, 5) is 0. The smallest absolute Gasteiger partial charge is 0.126 e.